The molecule has 5 rings (SSSR count). The zero-order valence-electron chi connectivity index (χ0n) is 17.9. The molecule has 0 aromatic heterocycles. The summed E-state index contributed by atoms with van der Waals surface area (Å²) in [6.45, 7) is 0. The highest BCUT2D eigenvalue weighted by atomic mass is 14.9. The van der Waals surface area contributed by atoms with E-state index in [1.54, 1.807) is 11.5 Å². The number of anilines is 2. The second kappa shape index (κ2) is 7.53. The zero-order chi connectivity index (χ0) is 20.0. The molecule has 29 heavy (non-hydrogen) atoms. The summed E-state index contributed by atoms with van der Waals surface area (Å²) in [5.74, 6) is 1.63. The van der Waals surface area contributed by atoms with Gasteiger partial charge in [0.2, 0.25) is 0 Å². The number of benzene rings is 2. The van der Waals surface area contributed by atoms with Gasteiger partial charge in [-0.2, -0.15) is 0 Å². The summed E-state index contributed by atoms with van der Waals surface area (Å²) < 4.78 is 0. The molecular formula is C26H32N3. The van der Waals surface area contributed by atoms with E-state index in [0.717, 1.165) is 12.8 Å². The van der Waals surface area contributed by atoms with E-state index in [4.69, 9.17) is 0 Å². The number of nitrogens with one attached hydrogen (secondary N) is 3. The smallest absolute Gasteiger partial charge is 0.0441 e. The van der Waals surface area contributed by atoms with Gasteiger partial charge in [0.05, 0.1) is 0 Å². The molecule has 151 valence electrons. The molecule has 1 atom stereocenters. The van der Waals surface area contributed by atoms with E-state index in [2.05, 4.69) is 67.4 Å². The highest BCUT2D eigenvalue weighted by Crippen LogP contribution is 2.47. The maximum Gasteiger partial charge on any atom is 0.0441 e. The van der Waals surface area contributed by atoms with Gasteiger partial charge >= 0.3 is 0 Å². The van der Waals surface area contributed by atoms with E-state index in [0.29, 0.717) is 6.04 Å². The van der Waals surface area contributed by atoms with E-state index in [9.17, 15) is 0 Å². The zero-order valence-corrected chi connectivity index (χ0v) is 17.9. The molecule has 1 fully saturated rings. The van der Waals surface area contributed by atoms with Gasteiger partial charge in [0.25, 0.3) is 0 Å². The maximum absolute atomic E-state index is 3.51. The summed E-state index contributed by atoms with van der Waals surface area (Å²) in [5.41, 5.74) is 10.0. The van der Waals surface area contributed by atoms with Crippen molar-refractivity contribution in [3.63, 3.8) is 0 Å². The van der Waals surface area contributed by atoms with Crippen LogP contribution in [0.25, 0.3) is 16.3 Å². The Morgan fingerprint density at radius 2 is 1.69 bits per heavy atom. The van der Waals surface area contributed by atoms with Crippen molar-refractivity contribution in [2.75, 3.05) is 31.8 Å². The third kappa shape index (κ3) is 2.98. The molecule has 0 amide bonds. The van der Waals surface area contributed by atoms with Gasteiger partial charge in [-0.3, -0.25) is 0 Å². The van der Waals surface area contributed by atoms with Crippen LogP contribution in [0.4, 0.5) is 11.4 Å². The van der Waals surface area contributed by atoms with E-state index in [1.807, 2.05) is 0 Å². The van der Waals surface area contributed by atoms with E-state index in [1.165, 1.54) is 76.5 Å². The Hall–Kier alpha value is -2.26. The second-order valence-corrected chi connectivity index (χ2v) is 8.65. The van der Waals surface area contributed by atoms with Gasteiger partial charge in [0.1, 0.15) is 0 Å². The van der Waals surface area contributed by atoms with E-state index in [-0.39, 0.29) is 0 Å². The highest BCUT2D eigenvalue weighted by Gasteiger charge is 2.28. The van der Waals surface area contributed by atoms with Crippen LogP contribution in [-0.4, -0.2) is 27.2 Å². The first-order chi connectivity index (χ1) is 14.2. The molecular weight excluding hydrogens is 354 g/mol. The van der Waals surface area contributed by atoms with Gasteiger partial charge in [0.15, 0.2) is 0 Å². The predicted octanol–water partition coefficient (Wildman–Crippen LogP) is 5.67. The topological polar surface area (TPSA) is 36.1 Å². The van der Waals surface area contributed by atoms with Crippen molar-refractivity contribution in [2.45, 2.75) is 51.0 Å². The Labute approximate surface area is 174 Å². The van der Waals surface area contributed by atoms with Crippen molar-refractivity contribution in [3.05, 3.63) is 58.5 Å². The molecule has 1 radical (unpaired) electrons. The standard InChI is InChI=1S/C26H32N3/c1-27-18-9-11-19-17(14-18)8-10-21-20(19)12-13-22-25(16-6-4-5-7-16)23(28-2)15-24(29-3)26(21)22/h9,11-13,15,18,27-29H,4-8,10,14H2,1-3H3. The minimum atomic E-state index is 0.479. The van der Waals surface area contributed by atoms with Gasteiger partial charge in [0, 0.05) is 42.8 Å². The lowest BCUT2D eigenvalue weighted by Crippen LogP contribution is -2.26. The monoisotopic (exact) mass is 386 g/mol. The largest absolute Gasteiger partial charge is 0.388 e. The Kier molecular flexibility index (Phi) is 4.87. The van der Waals surface area contributed by atoms with Crippen molar-refractivity contribution in [3.8, 4) is 0 Å². The molecule has 1 unspecified atom stereocenters. The van der Waals surface area contributed by atoms with E-state index >= 15 is 0 Å². The fourth-order valence-electron chi connectivity index (χ4n) is 5.70. The first-order valence-electron chi connectivity index (χ1n) is 11.2. The summed E-state index contributed by atoms with van der Waals surface area (Å²) in [6, 6.07) is 7.60. The molecule has 3 aliphatic rings. The molecule has 2 aromatic carbocycles. The normalized spacial score (nSPS) is 21.4. The molecule has 0 bridgehead atoms. The summed E-state index contributed by atoms with van der Waals surface area (Å²) in [7, 11) is 6.17. The van der Waals surface area contributed by atoms with Crippen molar-refractivity contribution >= 4 is 27.7 Å². The second-order valence-electron chi connectivity index (χ2n) is 8.65. The highest BCUT2D eigenvalue weighted by molar-refractivity contribution is 6.06. The van der Waals surface area contributed by atoms with Crippen LogP contribution in [0.3, 0.4) is 0 Å². The number of likely N-dealkylation sites (N-methyl/N-ethyl adjacent to an activating group) is 1. The van der Waals surface area contributed by atoms with Crippen LogP contribution in [0.1, 0.15) is 55.2 Å². The number of aryl methyl sites for hydroxylation is 1. The number of fused-ring (bicyclic) bond motifs is 4. The van der Waals surface area contributed by atoms with Gasteiger partial charge in [-0.15, -0.1) is 0 Å². The van der Waals surface area contributed by atoms with Crippen LogP contribution in [0.5, 0.6) is 0 Å². The number of rotatable bonds is 4. The first kappa shape index (κ1) is 18.7. The Morgan fingerprint density at radius 3 is 2.41 bits per heavy atom. The fraction of sp³-hybridized carbons (Fsp3) is 0.423. The van der Waals surface area contributed by atoms with Crippen LogP contribution in [0, 0.1) is 5.92 Å². The van der Waals surface area contributed by atoms with Gasteiger partial charge in [-0.05, 0) is 72.9 Å². The number of hydrogen-bond donors (Lipinski definition) is 3. The average molecular weight is 387 g/mol. The lowest BCUT2D eigenvalue weighted by atomic mass is 9.77. The Balaban J connectivity index is 1.74. The SMILES string of the molecule is CNc1cc(NC)c2c3c(ccc2c1[C]1CCCC1)C1=C(CC3)CC(NC)C=C1. The number of allylic oxidation sites excluding steroid dienone is 2. The number of hydrogen-bond acceptors (Lipinski definition) is 3. The molecule has 3 aliphatic carbocycles. The van der Waals surface area contributed by atoms with Crippen molar-refractivity contribution in [2.24, 2.45) is 0 Å². The Morgan fingerprint density at radius 1 is 0.897 bits per heavy atom. The molecule has 3 heteroatoms. The molecule has 0 saturated heterocycles. The maximum atomic E-state index is 3.51. The molecule has 1 saturated carbocycles. The third-order valence-corrected chi connectivity index (χ3v) is 7.19. The van der Waals surface area contributed by atoms with Crippen LogP contribution in [0.2, 0.25) is 0 Å². The van der Waals surface area contributed by atoms with Gasteiger partial charge in [-0.25, -0.2) is 0 Å². The summed E-state index contributed by atoms with van der Waals surface area (Å²) in [6.07, 6.45) is 13.3. The predicted molar refractivity (Wildman–Crippen MR) is 126 cm³/mol. The van der Waals surface area contributed by atoms with E-state index < -0.39 is 0 Å². The third-order valence-electron chi connectivity index (χ3n) is 7.19. The van der Waals surface area contributed by atoms with Crippen molar-refractivity contribution in [1.29, 1.82) is 0 Å². The quantitative estimate of drug-likeness (QED) is 0.634. The molecule has 0 spiro atoms. The summed E-state index contributed by atoms with van der Waals surface area (Å²) in [5, 5.41) is 13.3. The van der Waals surface area contributed by atoms with Crippen molar-refractivity contribution < 1.29 is 0 Å². The molecule has 3 N–H and O–H groups in total. The molecule has 3 nitrogen and oxygen atoms in total. The van der Waals surface area contributed by atoms with Gasteiger partial charge < -0.3 is 16.0 Å². The first-order valence-corrected chi connectivity index (χ1v) is 11.2. The lowest BCUT2D eigenvalue weighted by molar-refractivity contribution is 0.637. The minimum Gasteiger partial charge on any atom is -0.388 e. The minimum absolute atomic E-state index is 0.479. The average Bonchev–Trinajstić information content (AvgIpc) is 3.31. The van der Waals surface area contributed by atoms with Crippen molar-refractivity contribution in [1.82, 2.24) is 5.32 Å². The van der Waals surface area contributed by atoms with Crippen LogP contribution in [0.15, 0.2) is 35.9 Å². The fourth-order valence-corrected chi connectivity index (χ4v) is 5.70. The molecule has 0 heterocycles. The van der Waals surface area contributed by atoms with Crippen LogP contribution >= 0.6 is 0 Å². The lowest BCUT2D eigenvalue weighted by Gasteiger charge is -2.30. The van der Waals surface area contributed by atoms with Crippen LogP contribution in [-0.2, 0) is 6.42 Å². The molecule has 2 aromatic rings. The summed E-state index contributed by atoms with van der Waals surface area (Å²) in [4.78, 5) is 0. The molecule has 0 aliphatic heterocycles. The summed E-state index contributed by atoms with van der Waals surface area (Å²) >= 11 is 0. The van der Waals surface area contributed by atoms with Crippen LogP contribution < -0.4 is 16.0 Å². The Bertz CT molecular complexity index is 1010. The van der Waals surface area contributed by atoms with Gasteiger partial charge in [-0.1, -0.05) is 42.7 Å².